The van der Waals surface area contributed by atoms with Crippen molar-refractivity contribution in [3.8, 4) is 0 Å². The number of nitrogens with one attached hydrogen (secondary N) is 2. The van der Waals surface area contributed by atoms with Gasteiger partial charge in [-0.1, -0.05) is 36.4 Å². The lowest BCUT2D eigenvalue weighted by Gasteiger charge is -2.13. The van der Waals surface area contributed by atoms with E-state index in [1.807, 2.05) is 45.9 Å². The van der Waals surface area contributed by atoms with Crippen LogP contribution in [0, 0.1) is 13.8 Å². The summed E-state index contributed by atoms with van der Waals surface area (Å²) < 4.78 is 3.12. The summed E-state index contributed by atoms with van der Waals surface area (Å²) in [5, 5.41) is 15.2. The van der Waals surface area contributed by atoms with Crippen LogP contribution in [0.5, 0.6) is 0 Å². The molecule has 0 aliphatic carbocycles. The lowest BCUT2D eigenvalue weighted by Crippen LogP contribution is -2.32. The summed E-state index contributed by atoms with van der Waals surface area (Å²) in [7, 11) is 1.62. The van der Waals surface area contributed by atoms with Crippen molar-refractivity contribution in [1.82, 2.24) is 24.5 Å². The van der Waals surface area contributed by atoms with E-state index in [9.17, 15) is 14.4 Å². The SMILES string of the molecule is CCC(C)NC(=O)c1ccc2c(=O)n(C)c3nnc(SCC(=O)Nc4ccc(C)cc4C)n3c2c1. The second-order valence-corrected chi connectivity index (χ2v) is 9.59. The van der Waals surface area contributed by atoms with Gasteiger partial charge in [-0.05, 0) is 57.0 Å². The Balaban J connectivity index is 1.67. The fourth-order valence-electron chi connectivity index (χ4n) is 3.77. The zero-order valence-corrected chi connectivity index (χ0v) is 21.2. The molecule has 0 saturated heterocycles. The summed E-state index contributed by atoms with van der Waals surface area (Å²) >= 11 is 1.21. The highest BCUT2D eigenvalue weighted by atomic mass is 32.2. The first-order valence-electron chi connectivity index (χ1n) is 11.4. The molecule has 2 amide bonds. The van der Waals surface area contributed by atoms with Gasteiger partial charge >= 0.3 is 0 Å². The van der Waals surface area contributed by atoms with Gasteiger partial charge in [0.2, 0.25) is 11.7 Å². The van der Waals surface area contributed by atoms with Crippen molar-refractivity contribution < 1.29 is 9.59 Å². The smallest absolute Gasteiger partial charge is 0.262 e. The zero-order chi connectivity index (χ0) is 25.3. The number of aromatic nitrogens is 4. The van der Waals surface area contributed by atoms with Gasteiger partial charge in [-0.25, -0.2) is 0 Å². The molecule has 0 saturated carbocycles. The maximum absolute atomic E-state index is 12.9. The molecule has 0 bridgehead atoms. The van der Waals surface area contributed by atoms with E-state index >= 15 is 0 Å². The molecule has 2 aromatic heterocycles. The summed E-state index contributed by atoms with van der Waals surface area (Å²) in [6, 6.07) is 10.8. The molecule has 4 rings (SSSR count). The van der Waals surface area contributed by atoms with Crippen molar-refractivity contribution >= 4 is 45.9 Å². The van der Waals surface area contributed by atoms with E-state index in [1.165, 1.54) is 16.3 Å². The third-order valence-electron chi connectivity index (χ3n) is 5.93. The number of hydrogen-bond donors (Lipinski definition) is 2. The number of fused-ring (bicyclic) bond motifs is 3. The molecule has 4 aromatic rings. The second kappa shape index (κ2) is 9.91. The predicted octanol–water partition coefficient (Wildman–Crippen LogP) is 3.46. The number of rotatable bonds is 7. The Hall–Kier alpha value is -3.66. The standard InChI is InChI=1S/C25H28N6O3S/c1-6-16(4)26-22(33)17-8-9-18-20(12-17)31-24(30(5)23(18)34)28-29-25(31)35-13-21(32)27-19-10-7-14(2)11-15(19)3/h7-12,16H,6,13H2,1-5H3,(H,26,33)(H,27,32). The van der Waals surface area contributed by atoms with Crippen LogP contribution in [-0.4, -0.2) is 42.8 Å². The minimum absolute atomic E-state index is 0.0264. The first kappa shape index (κ1) is 24.5. The van der Waals surface area contributed by atoms with Crippen LogP contribution in [-0.2, 0) is 11.8 Å². The molecule has 0 aliphatic heterocycles. The Morgan fingerprint density at radius 2 is 1.89 bits per heavy atom. The number of anilines is 1. The number of thioether (sulfide) groups is 1. The second-order valence-electron chi connectivity index (χ2n) is 8.65. The highest BCUT2D eigenvalue weighted by molar-refractivity contribution is 7.99. The Morgan fingerprint density at radius 3 is 2.60 bits per heavy atom. The summed E-state index contributed by atoms with van der Waals surface area (Å²) in [5.41, 5.74) is 3.58. The topological polar surface area (TPSA) is 110 Å². The minimum atomic E-state index is -0.238. The van der Waals surface area contributed by atoms with Gasteiger partial charge in [-0.3, -0.25) is 23.4 Å². The highest BCUT2D eigenvalue weighted by Gasteiger charge is 2.18. The number of carbonyl (C=O) groups is 2. The van der Waals surface area contributed by atoms with Gasteiger partial charge in [0, 0.05) is 24.3 Å². The Kier molecular flexibility index (Phi) is 6.93. The van der Waals surface area contributed by atoms with Crippen LogP contribution in [0.15, 0.2) is 46.3 Å². The molecule has 0 spiro atoms. The van der Waals surface area contributed by atoms with E-state index < -0.39 is 0 Å². The van der Waals surface area contributed by atoms with Gasteiger partial charge in [-0.15, -0.1) is 10.2 Å². The average Bonchev–Trinajstić information content (AvgIpc) is 3.27. The molecule has 9 nitrogen and oxygen atoms in total. The molecule has 2 N–H and O–H groups in total. The molecule has 1 unspecified atom stereocenters. The first-order chi connectivity index (χ1) is 16.7. The van der Waals surface area contributed by atoms with Gasteiger partial charge in [0.25, 0.3) is 11.5 Å². The van der Waals surface area contributed by atoms with Crippen molar-refractivity contribution in [2.45, 2.75) is 45.3 Å². The van der Waals surface area contributed by atoms with Crippen LogP contribution < -0.4 is 16.2 Å². The van der Waals surface area contributed by atoms with Crippen LogP contribution in [0.2, 0.25) is 0 Å². The molecule has 0 fully saturated rings. The van der Waals surface area contributed by atoms with Crippen molar-refractivity contribution in [3.05, 3.63) is 63.4 Å². The van der Waals surface area contributed by atoms with E-state index in [0.29, 0.717) is 27.4 Å². The van der Waals surface area contributed by atoms with E-state index in [1.54, 1.807) is 29.6 Å². The maximum atomic E-state index is 12.9. The fourth-order valence-corrected chi connectivity index (χ4v) is 4.51. The summed E-state index contributed by atoms with van der Waals surface area (Å²) in [4.78, 5) is 38.2. The maximum Gasteiger partial charge on any atom is 0.262 e. The quantitative estimate of drug-likeness (QED) is 0.382. The lowest BCUT2D eigenvalue weighted by atomic mass is 10.1. The molecule has 2 aromatic carbocycles. The molecule has 182 valence electrons. The van der Waals surface area contributed by atoms with E-state index in [-0.39, 0.29) is 29.2 Å². The van der Waals surface area contributed by atoms with Gasteiger partial charge in [0.05, 0.1) is 16.7 Å². The molecule has 2 heterocycles. The third kappa shape index (κ3) is 4.93. The Bertz CT molecular complexity index is 1510. The van der Waals surface area contributed by atoms with Crippen LogP contribution in [0.4, 0.5) is 5.69 Å². The van der Waals surface area contributed by atoms with Gasteiger partial charge in [0.15, 0.2) is 5.16 Å². The molecular formula is C25H28N6O3S. The van der Waals surface area contributed by atoms with Crippen molar-refractivity contribution in [3.63, 3.8) is 0 Å². The summed E-state index contributed by atoms with van der Waals surface area (Å²) in [6.07, 6.45) is 0.806. The monoisotopic (exact) mass is 492 g/mol. The van der Waals surface area contributed by atoms with Gasteiger partial charge in [-0.2, -0.15) is 0 Å². The molecule has 0 aliphatic rings. The Labute approximate surface area is 206 Å². The highest BCUT2D eigenvalue weighted by Crippen LogP contribution is 2.23. The zero-order valence-electron chi connectivity index (χ0n) is 20.4. The van der Waals surface area contributed by atoms with Gasteiger partial charge < -0.3 is 10.6 Å². The summed E-state index contributed by atoms with van der Waals surface area (Å²) in [6.45, 7) is 7.88. The molecule has 35 heavy (non-hydrogen) atoms. The number of carbonyl (C=O) groups excluding carboxylic acids is 2. The molecular weight excluding hydrogens is 464 g/mol. The average molecular weight is 493 g/mol. The third-order valence-corrected chi connectivity index (χ3v) is 6.86. The van der Waals surface area contributed by atoms with Crippen molar-refractivity contribution in [2.75, 3.05) is 11.1 Å². The molecule has 1 atom stereocenters. The van der Waals surface area contributed by atoms with Crippen LogP contribution in [0.3, 0.4) is 0 Å². The first-order valence-corrected chi connectivity index (χ1v) is 12.4. The van der Waals surface area contributed by atoms with Crippen molar-refractivity contribution in [2.24, 2.45) is 7.05 Å². The normalized spacial score (nSPS) is 12.1. The predicted molar refractivity (Wildman–Crippen MR) is 138 cm³/mol. The minimum Gasteiger partial charge on any atom is -0.350 e. The van der Waals surface area contributed by atoms with Gasteiger partial charge in [0.1, 0.15) is 0 Å². The molecule has 10 heteroatoms. The van der Waals surface area contributed by atoms with Crippen molar-refractivity contribution in [1.29, 1.82) is 0 Å². The van der Waals surface area contributed by atoms with E-state index in [0.717, 1.165) is 23.2 Å². The number of aryl methyl sites for hydroxylation is 3. The number of amides is 2. The number of benzene rings is 2. The van der Waals surface area contributed by atoms with E-state index in [2.05, 4.69) is 20.8 Å². The van der Waals surface area contributed by atoms with Crippen LogP contribution in [0.25, 0.3) is 16.7 Å². The molecule has 0 radical (unpaired) electrons. The largest absolute Gasteiger partial charge is 0.350 e. The number of nitrogens with zero attached hydrogens (tertiary/aromatic N) is 4. The fraction of sp³-hybridized carbons (Fsp3) is 0.320. The lowest BCUT2D eigenvalue weighted by molar-refractivity contribution is -0.113. The van der Waals surface area contributed by atoms with E-state index in [4.69, 9.17) is 0 Å². The summed E-state index contributed by atoms with van der Waals surface area (Å²) in [5.74, 6) is 0.0398. The van der Waals surface area contributed by atoms with Crippen LogP contribution >= 0.6 is 11.8 Å². The van der Waals surface area contributed by atoms with Crippen LogP contribution in [0.1, 0.15) is 41.8 Å². The Morgan fingerprint density at radius 1 is 1.11 bits per heavy atom. The number of hydrogen-bond acceptors (Lipinski definition) is 6.